The summed E-state index contributed by atoms with van der Waals surface area (Å²) in [5.74, 6) is -1.46. The molecule has 0 saturated heterocycles. The molecule has 7 nitrogen and oxygen atoms in total. The maximum absolute atomic E-state index is 13.1. The first-order chi connectivity index (χ1) is 16.3. The normalized spacial score (nSPS) is 14.6. The van der Waals surface area contributed by atoms with E-state index in [1.807, 2.05) is 0 Å². The average Bonchev–Trinajstić information content (AvgIpc) is 3.43. The fraction of sp³-hybridized carbons (Fsp3) is 0.375. The molecule has 0 bridgehead atoms. The Hall–Kier alpha value is -3.56. The highest BCUT2D eigenvalue weighted by atomic mass is 19.4. The molecule has 5 rings (SSSR count). The number of alkyl halides is 3. The first-order valence-electron chi connectivity index (χ1n) is 11.2. The van der Waals surface area contributed by atoms with Crippen molar-refractivity contribution in [3.05, 3.63) is 55.3 Å². The summed E-state index contributed by atoms with van der Waals surface area (Å²) in [5.41, 5.74) is 12.8. The SMILES string of the molecule is C1CCCCC1.C=CN.CC(c1cnn2ccc(-c3c[nH]c4nc(N)ncc34)cc12)C(F)(F)F. The zero-order valence-electron chi connectivity index (χ0n) is 19.1. The smallest absolute Gasteiger partial charge is 0.395 e. The molecular weight excluding hydrogens is 443 g/mol. The number of nitrogen functional groups attached to an aromatic ring is 1. The fourth-order valence-electron chi connectivity index (χ4n) is 3.90. The number of anilines is 1. The Bertz CT molecular complexity index is 1210. The summed E-state index contributed by atoms with van der Waals surface area (Å²) in [5, 5.41) is 4.76. The van der Waals surface area contributed by atoms with E-state index in [4.69, 9.17) is 5.73 Å². The Kier molecular flexibility index (Phi) is 8.14. The molecule has 34 heavy (non-hydrogen) atoms. The van der Waals surface area contributed by atoms with Gasteiger partial charge in [0.05, 0.1) is 17.6 Å². The molecule has 1 aliphatic carbocycles. The van der Waals surface area contributed by atoms with Crippen LogP contribution in [0.1, 0.15) is 56.9 Å². The van der Waals surface area contributed by atoms with Crippen LogP contribution in [0.15, 0.2) is 49.7 Å². The molecule has 0 amide bonds. The number of rotatable bonds is 2. The third kappa shape index (κ3) is 5.86. The van der Waals surface area contributed by atoms with Crippen LogP contribution < -0.4 is 11.5 Å². The minimum atomic E-state index is -4.33. The van der Waals surface area contributed by atoms with Crippen LogP contribution in [-0.2, 0) is 0 Å². The van der Waals surface area contributed by atoms with Crippen LogP contribution >= 0.6 is 0 Å². The number of pyridine rings is 1. The lowest BCUT2D eigenvalue weighted by Gasteiger charge is -2.14. The highest BCUT2D eigenvalue weighted by molar-refractivity contribution is 5.94. The predicted octanol–water partition coefficient (Wildman–Crippen LogP) is 5.95. The topological polar surface area (TPSA) is 111 Å². The summed E-state index contributed by atoms with van der Waals surface area (Å²) in [7, 11) is 0. The molecule has 0 spiro atoms. The highest BCUT2D eigenvalue weighted by Gasteiger charge is 2.38. The largest absolute Gasteiger partial charge is 0.405 e. The van der Waals surface area contributed by atoms with E-state index in [2.05, 4.69) is 32.4 Å². The maximum atomic E-state index is 13.1. The molecule has 0 radical (unpaired) electrons. The number of nitrogens with zero attached hydrogens (tertiary/aromatic N) is 4. The lowest BCUT2D eigenvalue weighted by atomic mass is 10.0. The van der Waals surface area contributed by atoms with Crippen molar-refractivity contribution in [2.45, 2.75) is 57.5 Å². The molecule has 0 aromatic carbocycles. The summed E-state index contributed by atoms with van der Waals surface area (Å²) in [6, 6.07) is 3.46. The van der Waals surface area contributed by atoms with Crippen molar-refractivity contribution in [3.8, 4) is 11.1 Å². The summed E-state index contributed by atoms with van der Waals surface area (Å²) in [6.07, 6.45) is 12.1. The van der Waals surface area contributed by atoms with Gasteiger partial charge in [0.1, 0.15) is 5.65 Å². The van der Waals surface area contributed by atoms with Crippen molar-refractivity contribution in [1.82, 2.24) is 24.6 Å². The molecule has 1 atom stereocenters. The lowest BCUT2D eigenvalue weighted by molar-refractivity contribution is -0.146. The minimum absolute atomic E-state index is 0.134. The Labute approximate surface area is 196 Å². The van der Waals surface area contributed by atoms with Crippen LogP contribution in [0.2, 0.25) is 0 Å². The van der Waals surface area contributed by atoms with Gasteiger partial charge in [0.15, 0.2) is 0 Å². The Morgan fingerprint density at radius 1 is 1.15 bits per heavy atom. The Balaban J connectivity index is 0.000000305. The number of fused-ring (bicyclic) bond motifs is 2. The predicted molar refractivity (Wildman–Crippen MR) is 129 cm³/mol. The zero-order valence-corrected chi connectivity index (χ0v) is 19.1. The number of hydrogen-bond acceptors (Lipinski definition) is 5. The van der Waals surface area contributed by atoms with Gasteiger partial charge >= 0.3 is 6.18 Å². The summed E-state index contributed by atoms with van der Waals surface area (Å²) < 4.78 is 40.7. The third-order valence-electron chi connectivity index (χ3n) is 5.77. The van der Waals surface area contributed by atoms with Crippen molar-refractivity contribution in [3.63, 3.8) is 0 Å². The zero-order chi connectivity index (χ0) is 24.7. The fourth-order valence-corrected chi connectivity index (χ4v) is 3.90. The molecule has 4 aromatic heterocycles. The van der Waals surface area contributed by atoms with Crippen LogP contribution in [0.5, 0.6) is 0 Å². The van der Waals surface area contributed by atoms with E-state index in [1.165, 1.54) is 55.4 Å². The van der Waals surface area contributed by atoms with E-state index in [0.717, 1.165) is 23.4 Å². The van der Waals surface area contributed by atoms with Crippen molar-refractivity contribution in [2.75, 3.05) is 5.73 Å². The molecule has 0 aliphatic heterocycles. The number of aromatic amines is 1. The van der Waals surface area contributed by atoms with Crippen LogP contribution in [-0.4, -0.2) is 30.7 Å². The average molecular weight is 474 g/mol. The summed E-state index contributed by atoms with van der Waals surface area (Å²) in [4.78, 5) is 11.1. The molecule has 4 aromatic rings. The van der Waals surface area contributed by atoms with Crippen molar-refractivity contribution < 1.29 is 13.2 Å². The quantitative estimate of drug-likeness (QED) is 0.333. The van der Waals surface area contributed by atoms with Crippen molar-refractivity contribution >= 4 is 22.5 Å². The first-order valence-corrected chi connectivity index (χ1v) is 11.2. The number of aromatic nitrogens is 5. The third-order valence-corrected chi connectivity index (χ3v) is 5.77. The molecule has 182 valence electrons. The maximum Gasteiger partial charge on any atom is 0.395 e. The van der Waals surface area contributed by atoms with Crippen LogP contribution in [0, 0.1) is 0 Å². The Morgan fingerprint density at radius 3 is 2.35 bits per heavy atom. The van der Waals surface area contributed by atoms with Gasteiger partial charge in [0, 0.05) is 35.1 Å². The van der Waals surface area contributed by atoms with Gasteiger partial charge in [-0.15, -0.1) is 0 Å². The second-order valence-corrected chi connectivity index (χ2v) is 8.16. The number of nitrogens with one attached hydrogen (secondary N) is 1. The van der Waals surface area contributed by atoms with Crippen LogP contribution in [0.25, 0.3) is 27.7 Å². The van der Waals surface area contributed by atoms with Gasteiger partial charge in [0.25, 0.3) is 0 Å². The second-order valence-electron chi connectivity index (χ2n) is 8.16. The van der Waals surface area contributed by atoms with Gasteiger partial charge in [-0.05, 0) is 30.8 Å². The molecular formula is C24H30F3N7. The number of hydrogen-bond donors (Lipinski definition) is 3. The second kappa shape index (κ2) is 11.0. The van der Waals surface area contributed by atoms with Crippen molar-refractivity contribution in [1.29, 1.82) is 0 Å². The summed E-state index contributed by atoms with van der Waals surface area (Å²) in [6.45, 7) is 4.27. The first kappa shape index (κ1) is 25.1. The van der Waals surface area contributed by atoms with Crippen molar-refractivity contribution in [2.24, 2.45) is 5.73 Å². The Morgan fingerprint density at radius 2 is 1.76 bits per heavy atom. The van der Waals surface area contributed by atoms with Gasteiger partial charge in [-0.2, -0.15) is 23.3 Å². The minimum Gasteiger partial charge on any atom is -0.405 e. The van der Waals surface area contributed by atoms with Gasteiger partial charge in [0.2, 0.25) is 5.95 Å². The molecule has 1 aliphatic rings. The van der Waals surface area contributed by atoms with Gasteiger partial charge in [-0.3, -0.25) is 0 Å². The van der Waals surface area contributed by atoms with E-state index in [1.54, 1.807) is 30.7 Å². The van der Waals surface area contributed by atoms with E-state index in [-0.39, 0.29) is 11.5 Å². The van der Waals surface area contributed by atoms with E-state index in [0.29, 0.717) is 11.2 Å². The number of H-pyrrole nitrogens is 1. The number of halogens is 3. The monoisotopic (exact) mass is 473 g/mol. The van der Waals surface area contributed by atoms with Gasteiger partial charge < -0.3 is 16.5 Å². The molecule has 1 unspecified atom stereocenters. The molecule has 5 N–H and O–H groups in total. The van der Waals surface area contributed by atoms with E-state index >= 15 is 0 Å². The standard InChI is InChI=1S/C16H13F3N6.C6H12.C2H5N/c1-8(16(17,18)19)10-7-23-25-3-2-9(4-13(10)25)11-5-21-14-12(11)6-22-15(20)24-14;1-2-4-6-5-3-1;1-2-3/h2-8H,1H3,(H3,20,21,22,24);1-6H2;2H,1,3H2. The van der Waals surface area contributed by atoms with E-state index in [9.17, 15) is 13.2 Å². The number of nitrogens with two attached hydrogens (primary N) is 2. The molecule has 4 heterocycles. The lowest BCUT2D eigenvalue weighted by Crippen LogP contribution is -2.17. The van der Waals surface area contributed by atoms with Crippen LogP contribution in [0.3, 0.4) is 0 Å². The highest BCUT2D eigenvalue weighted by Crippen LogP contribution is 2.37. The van der Waals surface area contributed by atoms with Gasteiger partial charge in [-0.25, -0.2) is 9.50 Å². The molecule has 1 fully saturated rings. The summed E-state index contributed by atoms with van der Waals surface area (Å²) >= 11 is 0. The van der Waals surface area contributed by atoms with Gasteiger partial charge in [-0.1, -0.05) is 45.1 Å². The van der Waals surface area contributed by atoms with E-state index < -0.39 is 12.1 Å². The molecule has 1 saturated carbocycles. The molecule has 10 heteroatoms. The van der Waals surface area contributed by atoms with Crippen LogP contribution in [0.4, 0.5) is 19.1 Å².